The van der Waals surface area contributed by atoms with Crippen LogP contribution in [-0.2, 0) is 0 Å². The van der Waals surface area contributed by atoms with E-state index in [0.717, 1.165) is 23.9 Å². The predicted octanol–water partition coefficient (Wildman–Crippen LogP) is 3.15. The number of benzene rings is 1. The van der Waals surface area contributed by atoms with Gasteiger partial charge in [-0.15, -0.1) is 0 Å². The third kappa shape index (κ3) is 1.82. The zero-order valence-electron chi connectivity index (χ0n) is 11.5. The number of nitrogens with one attached hydrogen (secondary N) is 1. The molecule has 0 saturated carbocycles. The molecule has 4 atom stereocenters. The fourth-order valence-corrected chi connectivity index (χ4v) is 3.71. The van der Waals surface area contributed by atoms with E-state index in [1.807, 2.05) is 36.4 Å². The quantitative estimate of drug-likeness (QED) is 0.785. The monoisotopic (exact) mass is 275 g/mol. The van der Waals surface area contributed by atoms with Crippen molar-refractivity contribution in [1.82, 2.24) is 5.32 Å². The third-order valence-corrected chi connectivity index (χ3v) is 4.68. The molecule has 1 saturated heterocycles. The van der Waals surface area contributed by atoms with E-state index >= 15 is 0 Å². The van der Waals surface area contributed by atoms with Gasteiger partial charge < -0.3 is 10.1 Å². The van der Waals surface area contributed by atoms with Crippen molar-refractivity contribution in [3.05, 3.63) is 53.1 Å². The van der Waals surface area contributed by atoms with Gasteiger partial charge in [0.1, 0.15) is 11.9 Å². The number of hydrogen-bond donors (Lipinski definition) is 1. The summed E-state index contributed by atoms with van der Waals surface area (Å²) in [7, 11) is 0. The summed E-state index contributed by atoms with van der Waals surface area (Å²) in [5, 5.41) is 4.25. The maximum absolute atomic E-state index is 7.89. The Labute approximate surface area is 119 Å². The van der Waals surface area contributed by atoms with Gasteiger partial charge in [0.2, 0.25) is 0 Å². The lowest BCUT2D eigenvalue weighted by atomic mass is 9.77. The highest BCUT2D eigenvalue weighted by Gasteiger charge is 2.41. The van der Waals surface area contributed by atoms with Crippen molar-refractivity contribution in [2.45, 2.75) is 12.0 Å². The van der Waals surface area contributed by atoms with E-state index in [0.29, 0.717) is 17.9 Å². The molecule has 0 spiro atoms. The number of fused-ring (bicyclic) bond motifs is 5. The first kappa shape index (κ1) is 10.5. The van der Waals surface area contributed by atoms with E-state index in [4.69, 9.17) is 17.7 Å². The Morgan fingerprint density at radius 3 is 3.21 bits per heavy atom. The van der Waals surface area contributed by atoms with E-state index in [2.05, 4.69) is 5.32 Å². The van der Waals surface area contributed by atoms with Crippen molar-refractivity contribution in [1.29, 1.82) is 0 Å². The SMILES string of the molecule is [3H]C1=CC2C(C=C1)Oc1ccc(Cl)cc1[C@@H]1CNC[C@@H]21. The average Bonchev–Trinajstić information content (AvgIpc) is 2.87. The van der Waals surface area contributed by atoms with Crippen LogP contribution in [0.1, 0.15) is 12.9 Å². The molecule has 2 aliphatic heterocycles. The van der Waals surface area contributed by atoms with Crippen LogP contribution >= 0.6 is 11.6 Å². The molecular formula is C16H16ClNO. The molecule has 0 aromatic heterocycles. The van der Waals surface area contributed by atoms with Crippen molar-refractivity contribution in [3.63, 3.8) is 0 Å². The second-order valence-electron chi connectivity index (χ2n) is 5.46. The predicted molar refractivity (Wildman–Crippen MR) is 76.7 cm³/mol. The first-order valence-corrected chi connectivity index (χ1v) is 7.13. The zero-order valence-corrected chi connectivity index (χ0v) is 11.2. The molecule has 2 nitrogen and oxygen atoms in total. The minimum atomic E-state index is 0.0268. The van der Waals surface area contributed by atoms with Crippen LogP contribution in [0.5, 0.6) is 5.75 Å². The van der Waals surface area contributed by atoms with Crippen LogP contribution in [0.25, 0.3) is 0 Å². The fraction of sp³-hybridized carbons (Fsp3) is 0.375. The Hall–Kier alpha value is -1.25. The molecule has 1 aliphatic carbocycles. The summed E-state index contributed by atoms with van der Waals surface area (Å²) < 4.78 is 14.1. The largest absolute Gasteiger partial charge is 0.485 e. The Morgan fingerprint density at radius 1 is 1.32 bits per heavy atom. The molecule has 1 aromatic carbocycles. The van der Waals surface area contributed by atoms with Crippen LogP contribution in [0.4, 0.5) is 0 Å². The van der Waals surface area contributed by atoms with Gasteiger partial charge in [-0.25, -0.2) is 0 Å². The molecule has 1 N–H and O–H groups in total. The van der Waals surface area contributed by atoms with Gasteiger partial charge >= 0.3 is 0 Å². The Kier molecular flexibility index (Phi) is 2.43. The van der Waals surface area contributed by atoms with E-state index in [-0.39, 0.29) is 12.0 Å². The third-order valence-electron chi connectivity index (χ3n) is 4.44. The molecule has 0 radical (unpaired) electrons. The number of ether oxygens (including phenoxy) is 1. The summed E-state index contributed by atoms with van der Waals surface area (Å²) in [6.07, 6.45) is 5.92. The molecular weight excluding hydrogens is 258 g/mol. The second-order valence-corrected chi connectivity index (χ2v) is 5.90. The summed E-state index contributed by atoms with van der Waals surface area (Å²) in [6, 6.07) is 6.48. The van der Waals surface area contributed by atoms with Crippen molar-refractivity contribution in [2.75, 3.05) is 13.1 Å². The lowest BCUT2D eigenvalue weighted by Crippen LogP contribution is -2.31. The fourth-order valence-electron chi connectivity index (χ4n) is 3.53. The molecule has 0 amide bonds. The average molecular weight is 276 g/mol. The molecule has 1 fully saturated rings. The number of rotatable bonds is 0. The summed E-state index contributed by atoms with van der Waals surface area (Å²) in [5.41, 5.74) is 1.20. The van der Waals surface area contributed by atoms with E-state index in [1.54, 1.807) is 0 Å². The first-order valence-electron chi connectivity index (χ1n) is 7.26. The highest BCUT2D eigenvalue weighted by Crippen LogP contribution is 2.45. The Balaban J connectivity index is 1.84. The van der Waals surface area contributed by atoms with Gasteiger partial charge in [-0.3, -0.25) is 0 Å². The topological polar surface area (TPSA) is 21.3 Å². The molecule has 4 rings (SSSR count). The van der Waals surface area contributed by atoms with Gasteiger partial charge in [-0.2, -0.15) is 0 Å². The summed E-state index contributed by atoms with van der Waals surface area (Å²) in [4.78, 5) is 0. The van der Waals surface area contributed by atoms with Gasteiger partial charge in [0.25, 0.3) is 0 Å². The molecule has 3 heteroatoms. The maximum Gasteiger partial charge on any atom is 0.124 e. The smallest absolute Gasteiger partial charge is 0.124 e. The zero-order chi connectivity index (χ0) is 13.7. The minimum Gasteiger partial charge on any atom is -0.485 e. The van der Waals surface area contributed by atoms with Gasteiger partial charge in [0.05, 0.1) is 1.37 Å². The Bertz CT molecular complexity index is 612. The number of hydrogen-bond acceptors (Lipinski definition) is 2. The molecule has 98 valence electrons. The van der Waals surface area contributed by atoms with Crippen molar-refractivity contribution in [2.24, 2.45) is 11.8 Å². The summed E-state index contributed by atoms with van der Waals surface area (Å²) >= 11 is 6.16. The Morgan fingerprint density at radius 2 is 2.26 bits per heavy atom. The van der Waals surface area contributed by atoms with E-state index < -0.39 is 0 Å². The van der Waals surface area contributed by atoms with Crippen molar-refractivity contribution >= 4 is 11.6 Å². The van der Waals surface area contributed by atoms with Gasteiger partial charge in [0, 0.05) is 29.0 Å². The molecule has 0 bridgehead atoms. The molecule has 19 heavy (non-hydrogen) atoms. The normalized spacial score (nSPS) is 36.3. The second kappa shape index (κ2) is 4.39. The van der Waals surface area contributed by atoms with Crippen LogP contribution in [0, 0.1) is 11.8 Å². The van der Waals surface area contributed by atoms with Gasteiger partial charge in [-0.05, 0) is 36.7 Å². The van der Waals surface area contributed by atoms with Gasteiger partial charge in [0.15, 0.2) is 0 Å². The first-order chi connectivity index (χ1) is 9.72. The van der Waals surface area contributed by atoms with Crippen LogP contribution in [0.3, 0.4) is 0 Å². The van der Waals surface area contributed by atoms with E-state index in [9.17, 15) is 0 Å². The standard InChI is InChI=1S/C16H16ClNO/c17-10-5-6-16-12(7-10)14-9-18-8-13(14)11-3-1-2-4-15(11)19-16/h1-7,11,13-15,18H,8-9H2/t11?,13-,14-,15?/m0/s1/i1T. The highest BCUT2D eigenvalue weighted by atomic mass is 35.5. The maximum atomic E-state index is 7.89. The molecule has 3 aliphatic rings. The van der Waals surface area contributed by atoms with Crippen molar-refractivity contribution < 1.29 is 6.11 Å². The van der Waals surface area contributed by atoms with Gasteiger partial charge in [-0.1, -0.05) is 29.8 Å². The molecule has 1 aromatic rings. The number of allylic oxidation sites excluding steroid dienone is 2. The lowest BCUT2D eigenvalue weighted by molar-refractivity contribution is 0.177. The molecule has 2 unspecified atom stereocenters. The van der Waals surface area contributed by atoms with Crippen LogP contribution in [-0.4, -0.2) is 19.2 Å². The minimum absolute atomic E-state index is 0.0268. The van der Waals surface area contributed by atoms with Crippen LogP contribution in [0.15, 0.2) is 42.5 Å². The molecule has 2 heterocycles. The summed E-state index contributed by atoms with van der Waals surface area (Å²) in [5.74, 6) is 2.07. The van der Waals surface area contributed by atoms with E-state index in [1.165, 1.54) is 5.56 Å². The highest BCUT2D eigenvalue weighted by molar-refractivity contribution is 6.30. The number of halogens is 1. The summed E-state index contributed by atoms with van der Waals surface area (Å²) in [6.45, 7) is 1.92. The lowest BCUT2D eigenvalue weighted by Gasteiger charge is -2.28. The van der Waals surface area contributed by atoms with Crippen molar-refractivity contribution in [3.8, 4) is 5.75 Å². The van der Waals surface area contributed by atoms with Crippen LogP contribution < -0.4 is 10.1 Å². The van der Waals surface area contributed by atoms with Crippen LogP contribution in [0.2, 0.25) is 5.02 Å².